The first kappa shape index (κ1) is 9.97. The molecule has 2 aliphatic rings. The van der Waals surface area contributed by atoms with E-state index in [4.69, 9.17) is 5.73 Å². The first-order valence-electron chi connectivity index (χ1n) is 5.80. The number of piperidine rings is 1. The fraction of sp³-hybridized carbons (Fsp3) is 0.909. The summed E-state index contributed by atoms with van der Waals surface area (Å²) in [5.41, 5.74) is 5.40. The van der Waals surface area contributed by atoms with Gasteiger partial charge >= 0.3 is 0 Å². The number of primary amides is 1. The van der Waals surface area contributed by atoms with Gasteiger partial charge in [0.25, 0.3) is 0 Å². The highest BCUT2D eigenvalue weighted by molar-refractivity contribution is 5.77. The summed E-state index contributed by atoms with van der Waals surface area (Å²) in [5, 5.41) is 3.43. The summed E-state index contributed by atoms with van der Waals surface area (Å²) in [6, 6.07) is 0.363. The summed E-state index contributed by atoms with van der Waals surface area (Å²) in [7, 11) is 0. The van der Waals surface area contributed by atoms with Crippen molar-refractivity contribution in [2.75, 3.05) is 6.54 Å². The fourth-order valence-electron chi connectivity index (χ4n) is 2.42. The second-order valence-electron chi connectivity index (χ2n) is 4.73. The highest BCUT2D eigenvalue weighted by Gasteiger charge is 2.30. The summed E-state index contributed by atoms with van der Waals surface area (Å²) < 4.78 is 0. The molecule has 2 fully saturated rings. The van der Waals surface area contributed by atoms with Gasteiger partial charge in [-0.2, -0.15) is 0 Å². The SMILES string of the molecule is NC(=O)C1CCCNC1CCC1CC1. The zero-order chi connectivity index (χ0) is 9.97. The summed E-state index contributed by atoms with van der Waals surface area (Å²) in [6.45, 7) is 1.05. The van der Waals surface area contributed by atoms with Gasteiger partial charge in [-0.15, -0.1) is 0 Å². The third-order valence-corrected chi connectivity index (χ3v) is 3.53. The molecule has 3 heteroatoms. The number of hydrogen-bond acceptors (Lipinski definition) is 2. The maximum Gasteiger partial charge on any atom is 0.222 e. The Kier molecular flexibility index (Phi) is 3.06. The van der Waals surface area contributed by atoms with Crippen LogP contribution < -0.4 is 11.1 Å². The van der Waals surface area contributed by atoms with Gasteiger partial charge in [-0.05, 0) is 38.1 Å². The average Bonchev–Trinajstić information content (AvgIpc) is 2.98. The Labute approximate surface area is 85.4 Å². The first-order chi connectivity index (χ1) is 6.77. The van der Waals surface area contributed by atoms with E-state index in [0.29, 0.717) is 6.04 Å². The second-order valence-corrected chi connectivity index (χ2v) is 4.73. The van der Waals surface area contributed by atoms with Crippen molar-refractivity contribution in [1.29, 1.82) is 0 Å². The molecule has 80 valence electrons. The van der Waals surface area contributed by atoms with E-state index in [0.717, 1.165) is 31.7 Å². The molecule has 0 spiro atoms. The summed E-state index contributed by atoms with van der Waals surface area (Å²) in [4.78, 5) is 11.2. The maximum atomic E-state index is 11.2. The normalized spacial score (nSPS) is 32.9. The first-order valence-corrected chi connectivity index (χ1v) is 5.80. The minimum atomic E-state index is -0.113. The molecule has 0 aromatic carbocycles. The molecule has 0 radical (unpaired) electrons. The predicted molar refractivity (Wildman–Crippen MR) is 55.7 cm³/mol. The number of carbonyl (C=O) groups excluding carboxylic acids is 1. The lowest BCUT2D eigenvalue weighted by Crippen LogP contribution is -2.46. The molecule has 1 saturated carbocycles. The van der Waals surface area contributed by atoms with Gasteiger partial charge in [-0.1, -0.05) is 12.8 Å². The molecule has 0 bridgehead atoms. The van der Waals surface area contributed by atoms with E-state index >= 15 is 0 Å². The number of rotatable bonds is 4. The monoisotopic (exact) mass is 196 g/mol. The molecule has 14 heavy (non-hydrogen) atoms. The largest absolute Gasteiger partial charge is 0.369 e. The van der Waals surface area contributed by atoms with Gasteiger partial charge in [0.1, 0.15) is 0 Å². The van der Waals surface area contributed by atoms with E-state index < -0.39 is 0 Å². The Bertz CT molecular complexity index is 213. The van der Waals surface area contributed by atoms with Crippen molar-refractivity contribution in [2.24, 2.45) is 17.6 Å². The fourth-order valence-corrected chi connectivity index (χ4v) is 2.42. The standard InChI is InChI=1S/C11H20N2O/c12-11(14)9-2-1-7-13-10(9)6-5-8-3-4-8/h8-10,13H,1-7H2,(H2,12,14). The molecule has 0 aromatic heterocycles. The Morgan fingerprint density at radius 1 is 1.29 bits per heavy atom. The van der Waals surface area contributed by atoms with E-state index in [1.807, 2.05) is 0 Å². The maximum absolute atomic E-state index is 11.2. The molecule has 3 N–H and O–H groups in total. The van der Waals surface area contributed by atoms with Gasteiger partial charge in [-0.3, -0.25) is 4.79 Å². The van der Waals surface area contributed by atoms with Crippen molar-refractivity contribution in [3.05, 3.63) is 0 Å². The topological polar surface area (TPSA) is 55.1 Å². The van der Waals surface area contributed by atoms with Crippen LogP contribution in [-0.2, 0) is 4.79 Å². The molecule has 1 aliphatic heterocycles. The highest BCUT2D eigenvalue weighted by atomic mass is 16.1. The second kappa shape index (κ2) is 4.30. The molecular formula is C11H20N2O. The van der Waals surface area contributed by atoms with Crippen LogP contribution in [0.5, 0.6) is 0 Å². The Hall–Kier alpha value is -0.570. The molecule has 0 aromatic rings. The quantitative estimate of drug-likeness (QED) is 0.705. The Morgan fingerprint density at radius 3 is 2.71 bits per heavy atom. The molecule has 2 unspecified atom stereocenters. The van der Waals surface area contributed by atoms with Crippen LogP contribution in [0.1, 0.15) is 38.5 Å². The predicted octanol–water partition coefficient (Wildman–Crippen LogP) is 1.03. The summed E-state index contributed by atoms with van der Waals surface area (Å²) in [5.74, 6) is 0.924. The molecule has 3 nitrogen and oxygen atoms in total. The third kappa shape index (κ3) is 2.47. The third-order valence-electron chi connectivity index (χ3n) is 3.53. The molecule has 2 rings (SSSR count). The molecule has 2 atom stereocenters. The lowest BCUT2D eigenvalue weighted by Gasteiger charge is -2.30. The Morgan fingerprint density at radius 2 is 2.07 bits per heavy atom. The Balaban J connectivity index is 1.81. The number of amides is 1. The summed E-state index contributed by atoms with van der Waals surface area (Å²) >= 11 is 0. The minimum Gasteiger partial charge on any atom is -0.369 e. The van der Waals surface area contributed by atoms with Gasteiger partial charge in [0.2, 0.25) is 5.91 Å². The lowest BCUT2D eigenvalue weighted by atomic mass is 9.87. The number of nitrogens with one attached hydrogen (secondary N) is 1. The van der Waals surface area contributed by atoms with Crippen LogP contribution in [0.2, 0.25) is 0 Å². The van der Waals surface area contributed by atoms with E-state index in [1.54, 1.807) is 0 Å². The number of hydrogen-bond donors (Lipinski definition) is 2. The van der Waals surface area contributed by atoms with Crippen LogP contribution in [0.3, 0.4) is 0 Å². The van der Waals surface area contributed by atoms with Gasteiger partial charge in [0.15, 0.2) is 0 Å². The van der Waals surface area contributed by atoms with Gasteiger partial charge < -0.3 is 11.1 Å². The van der Waals surface area contributed by atoms with E-state index in [9.17, 15) is 4.79 Å². The van der Waals surface area contributed by atoms with Crippen molar-refractivity contribution in [2.45, 2.75) is 44.6 Å². The van der Waals surface area contributed by atoms with Crippen LogP contribution in [0.15, 0.2) is 0 Å². The van der Waals surface area contributed by atoms with Crippen molar-refractivity contribution < 1.29 is 4.79 Å². The molecule has 1 aliphatic carbocycles. The van der Waals surface area contributed by atoms with Gasteiger partial charge in [0.05, 0.1) is 5.92 Å². The molecule has 1 amide bonds. The van der Waals surface area contributed by atoms with Crippen molar-refractivity contribution in [3.63, 3.8) is 0 Å². The van der Waals surface area contributed by atoms with E-state index in [2.05, 4.69) is 5.32 Å². The molecule has 1 heterocycles. The molecule has 1 saturated heterocycles. The highest BCUT2D eigenvalue weighted by Crippen LogP contribution is 2.35. The van der Waals surface area contributed by atoms with Crippen LogP contribution in [-0.4, -0.2) is 18.5 Å². The van der Waals surface area contributed by atoms with E-state index in [1.165, 1.54) is 19.3 Å². The minimum absolute atomic E-state index is 0.0856. The van der Waals surface area contributed by atoms with Gasteiger partial charge in [0, 0.05) is 6.04 Å². The van der Waals surface area contributed by atoms with Crippen molar-refractivity contribution in [1.82, 2.24) is 5.32 Å². The lowest BCUT2D eigenvalue weighted by molar-refractivity contribution is -0.123. The smallest absolute Gasteiger partial charge is 0.222 e. The van der Waals surface area contributed by atoms with Crippen LogP contribution >= 0.6 is 0 Å². The number of carbonyl (C=O) groups is 1. The van der Waals surface area contributed by atoms with Crippen LogP contribution in [0.4, 0.5) is 0 Å². The molecular weight excluding hydrogens is 176 g/mol. The van der Waals surface area contributed by atoms with Crippen LogP contribution in [0.25, 0.3) is 0 Å². The van der Waals surface area contributed by atoms with Crippen LogP contribution in [0, 0.1) is 11.8 Å². The van der Waals surface area contributed by atoms with Crippen molar-refractivity contribution >= 4 is 5.91 Å². The summed E-state index contributed by atoms with van der Waals surface area (Å²) in [6.07, 6.45) is 7.28. The van der Waals surface area contributed by atoms with Gasteiger partial charge in [-0.25, -0.2) is 0 Å². The number of nitrogens with two attached hydrogens (primary N) is 1. The zero-order valence-electron chi connectivity index (χ0n) is 8.67. The van der Waals surface area contributed by atoms with E-state index in [-0.39, 0.29) is 11.8 Å². The zero-order valence-corrected chi connectivity index (χ0v) is 8.67. The van der Waals surface area contributed by atoms with Crippen molar-refractivity contribution in [3.8, 4) is 0 Å². The average molecular weight is 196 g/mol.